The highest BCUT2D eigenvalue weighted by molar-refractivity contribution is 5.91. The predicted octanol–water partition coefficient (Wildman–Crippen LogP) is 7.34. The average Bonchev–Trinajstić information content (AvgIpc) is 3.38. The summed E-state index contributed by atoms with van der Waals surface area (Å²) in [5.41, 5.74) is 3.20. The molecule has 0 aromatic heterocycles. The van der Waals surface area contributed by atoms with Gasteiger partial charge in [-0.25, -0.2) is 4.79 Å². The number of allylic oxidation sites excluding steroid dienone is 2. The Balaban J connectivity index is 1.60. The molecule has 0 saturated carbocycles. The number of hydrogen-bond acceptors (Lipinski definition) is 6. The molecule has 3 aromatic carbocycles. The summed E-state index contributed by atoms with van der Waals surface area (Å²) in [6.07, 6.45) is 4.19. The third-order valence-electron chi connectivity index (χ3n) is 7.36. The van der Waals surface area contributed by atoms with Gasteiger partial charge >= 0.3 is 5.97 Å². The fourth-order valence-corrected chi connectivity index (χ4v) is 5.45. The number of carbonyl (C=O) groups excluding carboxylic acids is 1. The standard InChI is InChI=1S/C32H31NO6/c1-3-29-32(39-30(4-2)38-29,24-13-9-6-10-14-24)25-17-20-27(22-11-7-5-8-12-22)28(21-25)37-31(34)23-15-18-26(19-16-23)33(35)36/h5-16,18-19,21,29-30H,3-4,17,20H2,1-2H3/t29-,30-,32+/m0/s1. The second-order valence-corrected chi connectivity index (χ2v) is 9.66. The van der Waals surface area contributed by atoms with Gasteiger partial charge in [-0.3, -0.25) is 10.1 Å². The van der Waals surface area contributed by atoms with Gasteiger partial charge in [-0.15, -0.1) is 0 Å². The summed E-state index contributed by atoms with van der Waals surface area (Å²) in [5.74, 6) is -0.138. The van der Waals surface area contributed by atoms with Crippen molar-refractivity contribution in [1.29, 1.82) is 0 Å². The van der Waals surface area contributed by atoms with Crippen molar-refractivity contribution in [2.45, 2.75) is 57.5 Å². The van der Waals surface area contributed by atoms with E-state index in [0.717, 1.165) is 28.7 Å². The van der Waals surface area contributed by atoms with E-state index < -0.39 is 16.5 Å². The van der Waals surface area contributed by atoms with Crippen LogP contribution in [0.15, 0.2) is 102 Å². The van der Waals surface area contributed by atoms with E-state index in [1.54, 1.807) is 0 Å². The van der Waals surface area contributed by atoms with Crippen molar-refractivity contribution < 1.29 is 23.9 Å². The van der Waals surface area contributed by atoms with Crippen molar-refractivity contribution in [1.82, 2.24) is 0 Å². The Labute approximate surface area is 227 Å². The zero-order valence-electron chi connectivity index (χ0n) is 22.0. The molecule has 1 saturated heterocycles. The second kappa shape index (κ2) is 11.4. The smallest absolute Gasteiger partial charge is 0.343 e. The molecule has 5 rings (SSSR count). The molecule has 1 fully saturated rings. The number of non-ortho nitro benzene ring substituents is 1. The van der Waals surface area contributed by atoms with Crippen LogP contribution in [0.5, 0.6) is 0 Å². The highest BCUT2D eigenvalue weighted by Gasteiger charge is 2.52. The van der Waals surface area contributed by atoms with E-state index in [-0.39, 0.29) is 23.6 Å². The Bertz CT molecular complexity index is 1400. The SMILES string of the molecule is CC[C@H]1O[C@@H](CC)[C@](C2=CC(OC(=O)c3ccc([N+](=O)[O-])cc3)=C(c3ccccc3)CC2)(c2ccccc2)O1. The van der Waals surface area contributed by atoms with Gasteiger partial charge in [0.15, 0.2) is 6.29 Å². The molecule has 39 heavy (non-hydrogen) atoms. The summed E-state index contributed by atoms with van der Waals surface area (Å²) in [7, 11) is 0. The van der Waals surface area contributed by atoms with Crippen LogP contribution in [0.2, 0.25) is 0 Å². The van der Waals surface area contributed by atoms with Gasteiger partial charge in [0.05, 0.1) is 16.6 Å². The topological polar surface area (TPSA) is 87.9 Å². The molecule has 0 spiro atoms. The first kappa shape index (κ1) is 26.5. The third-order valence-corrected chi connectivity index (χ3v) is 7.36. The number of nitrogens with zero attached hydrogens (tertiary/aromatic N) is 1. The van der Waals surface area contributed by atoms with Gasteiger partial charge in [-0.05, 0) is 60.6 Å². The minimum Gasteiger partial charge on any atom is -0.423 e. The lowest BCUT2D eigenvalue weighted by molar-refractivity contribution is -0.384. The summed E-state index contributed by atoms with van der Waals surface area (Å²) in [4.78, 5) is 23.8. The molecule has 2 aliphatic rings. The number of rotatable bonds is 8. The highest BCUT2D eigenvalue weighted by Crippen LogP contribution is 2.50. The molecule has 3 atom stereocenters. The molecule has 200 valence electrons. The van der Waals surface area contributed by atoms with Crippen molar-refractivity contribution in [2.75, 3.05) is 0 Å². The summed E-state index contributed by atoms with van der Waals surface area (Å²) in [6.45, 7) is 4.13. The zero-order chi connectivity index (χ0) is 27.4. The molecule has 0 radical (unpaired) electrons. The Morgan fingerprint density at radius 2 is 1.62 bits per heavy atom. The van der Waals surface area contributed by atoms with Crippen molar-refractivity contribution in [3.05, 3.63) is 129 Å². The van der Waals surface area contributed by atoms with E-state index >= 15 is 0 Å². The maximum atomic E-state index is 13.3. The summed E-state index contributed by atoms with van der Waals surface area (Å²) < 4.78 is 19.1. The molecular weight excluding hydrogens is 494 g/mol. The highest BCUT2D eigenvalue weighted by atomic mass is 16.7. The zero-order valence-corrected chi connectivity index (χ0v) is 22.0. The summed E-state index contributed by atoms with van der Waals surface area (Å²) >= 11 is 0. The van der Waals surface area contributed by atoms with Crippen molar-refractivity contribution in [3.8, 4) is 0 Å². The van der Waals surface area contributed by atoms with Crippen LogP contribution in [-0.4, -0.2) is 23.3 Å². The molecule has 7 heteroatoms. The quantitative estimate of drug-likeness (QED) is 0.174. The van der Waals surface area contributed by atoms with Gasteiger partial charge in [0.1, 0.15) is 11.4 Å². The maximum Gasteiger partial charge on any atom is 0.343 e. The van der Waals surface area contributed by atoms with Gasteiger partial charge < -0.3 is 14.2 Å². The molecule has 0 N–H and O–H groups in total. The molecular formula is C32H31NO6. The Kier molecular flexibility index (Phi) is 7.72. The fraction of sp³-hybridized carbons (Fsp3) is 0.281. The number of esters is 1. The van der Waals surface area contributed by atoms with Gasteiger partial charge in [0, 0.05) is 17.7 Å². The monoisotopic (exact) mass is 525 g/mol. The van der Waals surface area contributed by atoms with Gasteiger partial charge in [-0.1, -0.05) is 74.5 Å². The van der Waals surface area contributed by atoms with Gasteiger partial charge in [0.2, 0.25) is 0 Å². The molecule has 0 bridgehead atoms. The molecule has 1 heterocycles. The van der Waals surface area contributed by atoms with Crippen molar-refractivity contribution in [3.63, 3.8) is 0 Å². The largest absolute Gasteiger partial charge is 0.423 e. The lowest BCUT2D eigenvalue weighted by Crippen LogP contribution is -2.39. The Hall–Kier alpha value is -4.07. The van der Waals surface area contributed by atoms with E-state index in [4.69, 9.17) is 14.2 Å². The fourth-order valence-electron chi connectivity index (χ4n) is 5.45. The maximum absolute atomic E-state index is 13.3. The molecule has 3 aromatic rings. The first-order valence-corrected chi connectivity index (χ1v) is 13.3. The number of benzene rings is 3. The van der Waals surface area contributed by atoms with E-state index in [1.807, 2.05) is 61.5 Å². The lowest BCUT2D eigenvalue weighted by atomic mass is 9.75. The predicted molar refractivity (Wildman–Crippen MR) is 148 cm³/mol. The van der Waals surface area contributed by atoms with Crippen LogP contribution in [0.25, 0.3) is 5.57 Å². The number of nitro benzene ring substituents is 1. The third kappa shape index (κ3) is 5.15. The molecule has 0 amide bonds. The first-order valence-electron chi connectivity index (χ1n) is 13.3. The van der Waals surface area contributed by atoms with Crippen LogP contribution in [0.1, 0.15) is 61.0 Å². The number of carbonyl (C=O) groups is 1. The minimum absolute atomic E-state index is 0.0881. The van der Waals surface area contributed by atoms with Crippen LogP contribution >= 0.6 is 0 Å². The van der Waals surface area contributed by atoms with Crippen LogP contribution in [-0.2, 0) is 19.8 Å². The summed E-state index contributed by atoms with van der Waals surface area (Å²) in [6, 6.07) is 25.4. The first-order chi connectivity index (χ1) is 19.0. The number of nitro groups is 1. The number of ether oxygens (including phenoxy) is 3. The molecule has 1 aliphatic carbocycles. The Morgan fingerprint density at radius 3 is 2.23 bits per heavy atom. The minimum atomic E-state index is -0.816. The summed E-state index contributed by atoms with van der Waals surface area (Å²) in [5, 5.41) is 11.1. The molecule has 7 nitrogen and oxygen atoms in total. The normalized spacial score (nSPS) is 22.9. The van der Waals surface area contributed by atoms with Crippen LogP contribution in [0.3, 0.4) is 0 Å². The van der Waals surface area contributed by atoms with E-state index in [1.165, 1.54) is 24.3 Å². The van der Waals surface area contributed by atoms with Crippen LogP contribution in [0, 0.1) is 10.1 Å². The van der Waals surface area contributed by atoms with Crippen molar-refractivity contribution in [2.24, 2.45) is 0 Å². The lowest BCUT2D eigenvalue weighted by Gasteiger charge is -2.37. The van der Waals surface area contributed by atoms with Crippen molar-refractivity contribution >= 4 is 17.2 Å². The van der Waals surface area contributed by atoms with Gasteiger partial charge in [0.25, 0.3) is 5.69 Å². The Morgan fingerprint density at radius 1 is 0.949 bits per heavy atom. The van der Waals surface area contributed by atoms with Crippen LogP contribution < -0.4 is 0 Å². The second-order valence-electron chi connectivity index (χ2n) is 9.66. The molecule has 0 unspecified atom stereocenters. The number of hydrogen-bond donors (Lipinski definition) is 0. The molecule has 1 aliphatic heterocycles. The van der Waals surface area contributed by atoms with Crippen LogP contribution in [0.4, 0.5) is 5.69 Å². The van der Waals surface area contributed by atoms with E-state index in [2.05, 4.69) is 19.1 Å². The van der Waals surface area contributed by atoms with E-state index in [9.17, 15) is 14.9 Å². The van der Waals surface area contributed by atoms with E-state index in [0.29, 0.717) is 25.0 Å². The average molecular weight is 526 g/mol. The van der Waals surface area contributed by atoms with Gasteiger partial charge in [-0.2, -0.15) is 0 Å².